The average Bonchev–Trinajstić information content (AvgIpc) is 1.98. The van der Waals surface area contributed by atoms with Crippen molar-refractivity contribution in [3.05, 3.63) is 28.5 Å². The maximum atomic E-state index is 12.9. The van der Waals surface area contributed by atoms with Crippen molar-refractivity contribution in [1.82, 2.24) is 0 Å². The SMILES string of the molecule is C[C@H](CC(=O)O)Oc1cc(F)cc(Br)c1. The highest BCUT2D eigenvalue weighted by Gasteiger charge is 2.10. The van der Waals surface area contributed by atoms with Crippen molar-refractivity contribution in [1.29, 1.82) is 0 Å². The quantitative estimate of drug-likeness (QED) is 0.920. The van der Waals surface area contributed by atoms with Gasteiger partial charge in [0.1, 0.15) is 17.7 Å². The highest BCUT2D eigenvalue weighted by atomic mass is 79.9. The third-order valence-electron chi connectivity index (χ3n) is 1.64. The lowest BCUT2D eigenvalue weighted by molar-refractivity contribution is -0.138. The third kappa shape index (κ3) is 4.29. The van der Waals surface area contributed by atoms with Crippen LogP contribution in [-0.2, 0) is 4.79 Å². The van der Waals surface area contributed by atoms with E-state index in [0.717, 1.165) is 0 Å². The summed E-state index contributed by atoms with van der Waals surface area (Å²) in [5.41, 5.74) is 0. The molecule has 1 atom stereocenters. The maximum Gasteiger partial charge on any atom is 0.307 e. The Kier molecular flexibility index (Phi) is 4.08. The molecule has 3 nitrogen and oxygen atoms in total. The van der Waals surface area contributed by atoms with Crippen molar-refractivity contribution in [3.8, 4) is 5.75 Å². The molecule has 0 aliphatic carbocycles. The Labute approximate surface area is 95.0 Å². The van der Waals surface area contributed by atoms with Gasteiger partial charge in [-0.05, 0) is 19.1 Å². The summed E-state index contributed by atoms with van der Waals surface area (Å²) in [5, 5.41) is 8.51. The van der Waals surface area contributed by atoms with Crippen LogP contribution in [0.2, 0.25) is 0 Å². The minimum atomic E-state index is -0.946. The monoisotopic (exact) mass is 276 g/mol. The zero-order valence-electron chi connectivity index (χ0n) is 8.04. The van der Waals surface area contributed by atoms with Crippen LogP contribution < -0.4 is 4.74 Å². The molecule has 15 heavy (non-hydrogen) atoms. The summed E-state index contributed by atoms with van der Waals surface area (Å²) in [7, 11) is 0. The van der Waals surface area contributed by atoms with E-state index < -0.39 is 17.9 Å². The molecule has 0 aliphatic rings. The Bertz CT molecular complexity index is 347. The van der Waals surface area contributed by atoms with Crippen LogP contribution in [0.25, 0.3) is 0 Å². The molecule has 0 bridgehead atoms. The summed E-state index contributed by atoms with van der Waals surface area (Å²) in [5.74, 6) is -1.06. The summed E-state index contributed by atoms with van der Waals surface area (Å²) in [6, 6.07) is 4.10. The summed E-state index contributed by atoms with van der Waals surface area (Å²) in [4.78, 5) is 10.4. The van der Waals surface area contributed by atoms with Gasteiger partial charge in [-0.3, -0.25) is 4.79 Å². The van der Waals surface area contributed by atoms with Gasteiger partial charge in [-0.25, -0.2) is 4.39 Å². The molecule has 0 unspecified atom stereocenters. The molecule has 0 heterocycles. The van der Waals surface area contributed by atoms with Gasteiger partial charge in [0, 0.05) is 10.5 Å². The van der Waals surface area contributed by atoms with Crippen molar-refractivity contribution in [2.75, 3.05) is 0 Å². The summed E-state index contributed by atoms with van der Waals surface area (Å²) in [6.45, 7) is 1.62. The molecule has 0 spiro atoms. The Balaban J connectivity index is 2.67. The Morgan fingerprint density at radius 2 is 2.27 bits per heavy atom. The van der Waals surface area contributed by atoms with Crippen molar-refractivity contribution in [3.63, 3.8) is 0 Å². The third-order valence-corrected chi connectivity index (χ3v) is 2.09. The fourth-order valence-corrected chi connectivity index (χ4v) is 1.56. The molecule has 1 N–H and O–H groups in total. The zero-order chi connectivity index (χ0) is 11.4. The fourth-order valence-electron chi connectivity index (χ4n) is 1.12. The van der Waals surface area contributed by atoms with Gasteiger partial charge in [-0.2, -0.15) is 0 Å². The summed E-state index contributed by atoms with van der Waals surface area (Å²) in [6.07, 6.45) is -0.607. The zero-order valence-corrected chi connectivity index (χ0v) is 9.62. The molecule has 1 rings (SSSR count). The predicted octanol–water partition coefficient (Wildman–Crippen LogP) is 2.83. The van der Waals surface area contributed by atoms with Gasteiger partial charge in [0.05, 0.1) is 6.42 Å². The Morgan fingerprint density at radius 1 is 1.60 bits per heavy atom. The first-order chi connectivity index (χ1) is 6.97. The molecule has 0 saturated carbocycles. The lowest BCUT2D eigenvalue weighted by Crippen LogP contribution is -2.16. The molecule has 1 aromatic rings. The second kappa shape index (κ2) is 5.11. The number of benzene rings is 1. The van der Waals surface area contributed by atoms with E-state index in [0.29, 0.717) is 10.2 Å². The van der Waals surface area contributed by atoms with E-state index in [1.165, 1.54) is 12.1 Å². The van der Waals surface area contributed by atoms with E-state index in [1.807, 2.05) is 0 Å². The van der Waals surface area contributed by atoms with Gasteiger partial charge >= 0.3 is 5.97 Å². The molecule has 0 saturated heterocycles. The molecular formula is C10H10BrFO3. The van der Waals surface area contributed by atoms with Crippen molar-refractivity contribution in [2.45, 2.75) is 19.4 Å². The van der Waals surface area contributed by atoms with E-state index in [1.54, 1.807) is 13.0 Å². The summed E-state index contributed by atoms with van der Waals surface area (Å²) >= 11 is 3.12. The second-order valence-corrected chi connectivity index (χ2v) is 4.05. The van der Waals surface area contributed by atoms with Crippen molar-refractivity contribution >= 4 is 21.9 Å². The molecule has 5 heteroatoms. The number of hydrogen-bond acceptors (Lipinski definition) is 2. The number of carbonyl (C=O) groups is 1. The maximum absolute atomic E-state index is 12.9. The largest absolute Gasteiger partial charge is 0.490 e. The van der Waals surface area contributed by atoms with Gasteiger partial charge in [0.25, 0.3) is 0 Å². The molecular weight excluding hydrogens is 267 g/mol. The van der Waals surface area contributed by atoms with Gasteiger partial charge in [0.2, 0.25) is 0 Å². The molecule has 0 aliphatic heterocycles. The number of halogens is 2. The number of rotatable bonds is 4. The first-order valence-corrected chi connectivity index (χ1v) is 5.11. The van der Waals surface area contributed by atoms with Gasteiger partial charge in [-0.1, -0.05) is 15.9 Å². The van der Waals surface area contributed by atoms with Crippen LogP contribution in [0.4, 0.5) is 4.39 Å². The van der Waals surface area contributed by atoms with Gasteiger partial charge < -0.3 is 9.84 Å². The molecule has 0 radical (unpaired) electrons. The van der Waals surface area contributed by atoms with E-state index in [2.05, 4.69) is 15.9 Å². The highest BCUT2D eigenvalue weighted by Crippen LogP contribution is 2.21. The highest BCUT2D eigenvalue weighted by molar-refractivity contribution is 9.10. The predicted molar refractivity (Wildman–Crippen MR) is 56.4 cm³/mol. The van der Waals surface area contributed by atoms with Crippen molar-refractivity contribution in [2.24, 2.45) is 0 Å². The molecule has 1 aromatic carbocycles. The lowest BCUT2D eigenvalue weighted by atomic mass is 10.3. The first kappa shape index (κ1) is 12.0. The fraction of sp³-hybridized carbons (Fsp3) is 0.300. The number of aliphatic carboxylic acids is 1. The van der Waals surface area contributed by atoms with Crippen molar-refractivity contribution < 1.29 is 19.0 Å². The topological polar surface area (TPSA) is 46.5 Å². The lowest BCUT2D eigenvalue weighted by Gasteiger charge is -2.12. The molecule has 82 valence electrons. The first-order valence-electron chi connectivity index (χ1n) is 4.32. The normalized spacial score (nSPS) is 12.2. The average molecular weight is 277 g/mol. The van der Waals surface area contributed by atoms with Crippen LogP contribution >= 0.6 is 15.9 Å². The Hall–Kier alpha value is -1.10. The Morgan fingerprint density at radius 3 is 2.80 bits per heavy atom. The number of ether oxygens (including phenoxy) is 1. The van der Waals surface area contributed by atoms with Crippen LogP contribution in [-0.4, -0.2) is 17.2 Å². The number of carboxylic acids is 1. The van der Waals surface area contributed by atoms with Crippen LogP contribution in [0, 0.1) is 5.82 Å². The van der Waals surface area contributed by atoms with Crippen LogP contribution in [0.15, 0.2) is 22.7 Å². The number of hydrogen-bond donors (Lipinski definition) is 1. The molecule has 0 amide bonds. The molecule has 0 fully saturated rings. The minimum Gasteiger partial charge on any atom is -0.490 e. The minimum absolute atomic E-state index is 0.117. The van der Waals surface area contributed by atoms with Gasteiger partial charge in [-0.15, -0.1) is 0 Å². The van der Waals surface area contributed by atoms with Gasteiger partial charge in [0.15, 0.2) is 0 Å². The number of carboxylic acid groups (broad SMARTS) is 1. The summed E-state index contributed by atoms with van der Waals surface area (Å²) < 4.78 is 18.7. The van der Waals surface area contributed by atoms with E-state index >= 15 is 0 Å². The standard InChI is InChI=1S/C10H10BrFO3/c1-6(2-10(13)14)15-9-4-7(11)3-8(12)5-9/h3-6H,2H2,1H3,(H,13,14)/t6-/m1/s1. The molecule has 0 aromatic heterocycles. The van der Waals surface area contributed by atoms with Crippen LogP contribution in [0.5, 0.6) is 5.75 Å². The van der Waals surface area contributed by atoms with E-state index in [9.17, 15) is 9.18 Å². The van der Waals surface area contributed by atoms with Crippen LogP contribution in [0.1, 0.15) is 13.3 Å². The van der Waals surface area contributed by atoms with E-state index in [4.69, 9.17) is 9.84 Å². The van der Waals surface area contributed by atoms with Crippen LogP contribution in [0.3, 0.4) is 0 Å². The second-order valence-electron chi connectivity index (χ2n) is 3.13. The van der Waals surface area contributed by atoms with E-state index in [-0.39, 0.29) is 6.42 Å². The smallest absolute Gasteiger partial charge is 0.307 e.